The average Bonchev–Trinajstić information content (AvgIpc) is 2.19. The van der Waals surface area contributed by atoms with Crippen LogP contribution in [0.4, 0.5) is 0 Å². The third-order valence-electron chi connectivity index (χ3n) is 1.64. The molecule has 1 rings (SSSR count). The van der Waals surface area contributed by atoms with E-state index in [1.54, 1.807) is 24.2 Å². The average molecular weight is 198 g/mol. The number of hydrogen-bond donors (Lipinski definition) is 2. The fourth-order valence-electron chi connectivity index (χ4n) is 0.865. The van der Waals surface area contributed by atoms with Crippen LogP contribution in [0.25, 0.3) is 0 Å². The second-order valence-electron chi connectivity index (χ2n) is 2.71. The molecule has 1 atom stereocenters. The molecule has 0 radical (unpaired) electrons. The number of thioether (sulfide) groups is 1. The van der Waals surface area contributed by atoms with E-state index in [0.29, 0.717) is 6.54 Å². The Balaban J connectivity index is 2.20. The van der Waals surface area contributed by atoms with E-state index >= 15 is 0 Å². The van der Waals surface area contributed by atoms with Crippen LogP contribution in [0, 0.1) is 0 Å². The molecule has 0 spiro atoms. The Bertz CT molecular complexity index is 230. The Kier molecular flexibility index (Phi) is 4.82. The van der Waals surface area contributed by atoms with Gasteiger partial charge in [-0.2, -0.15) is 0 Å². The highest BCUT2D eigenvalue weighted by atomic mass is 32.2. The van der Waals surface area contributed by atoms with Crippen molar-refractivity contribution in [3.8, 4) is 0 Å². The summed E-state index contributed by atoms with van der Waals surface area (Å²) in [7, 11) is 0. The van der Waals surface area contributed by atoms with Gasteiger partial charge in [-0.05, 0) is 18.6 Å². The van der Waals surface area contributed by atoms with E-state index in [9.17, 15) is 5.11 Å². The van der Waals surface area contributed by atoms with E-state index in [0.717, 1.165) is 12.2 Å². The van der Waals surface area contributed by atoms with Crippen molar-refractivity contribution in [1.29, 1.82) is 0 Å². The maximum Gasteiger partial charge on any atom is 0.0670 e. The molecule has 1 heterocycles. The summed E-state index contributed by atoms with van der Waals surface area (Å²) in [6.45, 7) is 0.344. The zero-order valence-corrected chi connectivity index (χ0v) is 8.20. The first-order valence-corrected chi connectivity index (χ1v) is 5.22. The summed E-state index contributed by atoms with van der Waals surface area (Å²) in [6.07, 6.45) is 3.90. The Morgan fingerprint density at radius 2 is 2.15 bits per heavy atom. The molecule has 0 amide bonds. The number of nitrogens with zero attached hydrogens (tertiary/aromatic N) is 1. The highest BCUT2D eigenvalue weighted by molar-refractivity contribution is 7.99. The molecule has 3 N–H and O–H groups in total. The van der Waals surface area contributed by atoms with Gasteiger partial charge < -0.3 is 10.8 Å². The lowest BCUT2D eigenvalue weighted by Crippen LogP contribution is -2.19. The highest BCUT2D eigenvalue weighted by Gasteiger charge is 2.00. The van der Waals surface area contributed by atoms with Gasteiger partial charge >= 0.3 is 0 Å². The molecule has 0 aliphatic heterocycles. The minimum Gasteiger partial charge on any atom is -0.392 e. The summed E-state index contributed by atoms with van der Waals surface area (Å²) in [6, 6.07) is 3.92. The van der Waals surface area contributed by atoms with Crippen molar-refractivity contribution in [2.24, 2.45) is 5.73 Å². The van der Waals surface area contributed by atoms with Gasteiger partial charge in [0.2, 0.25) is 0 Å². The van der Waals surface area contributed by atoms with Gasteiger partial charge in [-0.15, -0.1) is 11.8 Å². The molecule has 4 heteroatoms. The van der Waals surface area contributed by atoms with Crippen molar-refractivity contribution in [2.75, 3.05) is 12.3 Å². The molecule has 3 nitrogen and oxygen atoms in total. The summed E-state index contributed by atoms with van der Waals surface area (Å²) in [5.74, 6) is 0.891. The molecule has 0 aliphatic rings. The third kappa shape index (κ3) is 4.26. The minimum atomic E-state index is -0.366. The fraction of sp³-hybridized carbons (Fsp3) is 0.444. The van der Waals surface area contributed by atoms with Gasteiger partial charge in [-0.25, -0.2) is 0 Å². The van der Waals surface area contributed by atoms with Crippen molar-refractivity contribution in [2.45, 2.75) is 17.4 Å². The molecule has 1 aromatic heterocycles. The first-order valence-electron chi connectivity index (χ1n) is 4.24. The Hall–Kier alpha value is -0.580. The van der Waals surface area contributed by atoms with E-state index in [2.05, 4.69) is 4.98 Å². The van der Waals surface area contributed by atoms with Crippen molar-refractivity contribution < 1.29 is 5.11 Å². The topological polar surface area (TPSA) is 59.1 Å². The zero-order valence-electron chi connectivity index (χ0n) is 7.39. The van der Waals surface area contributed by atoms with E-state index in [-0.39, 0.29) is 6.10 Å². The van der Waals surface area contributed by atoms with Gasteiger partial charge in [0.25, 0.3) is 0 Å². The monoisotopic (exact) mass is 198 g/mol. The minimum absolute atomic E-state index is 0.344. The van der Waals surface area contributed by atoms with E-state index in [4.69, 9.17) is 5.73 Å². The zero-order chi connectivity index (χ0) is 9.52. The van der Waals surface area contributed by atoms with Crippen molar-refractivity contribution >= 4 is 11.8 Å². The molecule has 1 unspecified atom stereocenters. The van der Waals surface area contributed by atoms with E-state index in [1.807, 2.05) is 12.1 Å². The predicted molar refractivity (Wildman–Crippen MR) is 54.6 cm³/mol. The van der Waals surface area contributed by atoms with Crippen LogP contribution in [0.1, 0.15) is 6.42 Å². The molecule has 0 saturated carbocycles. The molecular weight excluding hydrogens is 184 g/mol. The molecule has 0 aromatic carbocycles. The SMILES string of the molecule is NCC(O)CCSc1ccncc1. The lowest BCUT2D eigenvalue weighted by atomic mass is 10.3. The van der Waals surface area contributed by atoms with Crippen LogP contribution < -0.4 is 5.73 Å². The first kappa shape index (κ1) is 10.5. The Morgan fingerprint density at radius 3 is 2.77 bits per heavy atom. The van der Waals surface area contributed by atoms with E-state index in [1.165, 1.54) is 4.90 Å². The number of pyridine rings is 1. The molecular formula is C9H14N2OS. The van der Waals surface area contributed by atoms with Crippen LogP contribution >= 0.6 is 11.8 Å². The van der Waals surface area contributed by atoms with Crippen molar-refractivity contribution in [3.63, 3.8) is 0 Å². The molecule has 0 fully saturated rings. The van der Waals surface area contributed by atoms with Crippen molar-refractivity contribution in [1.82, 2.24) is 4.98 Å². The summed E-state index contributed by atoms with van der Waals surface area (Å²) >= 11 is 1.71. The second-order valence-corrected chi connectivity index (χ2v) is 3.88. The smallest absolute Gasteiger partial charge is 0.0670 e. The van der Waals surface area contributed by atoms with Gasteiger partial charge in [0.1, 0.15) is 0 Å². The Morgan fingerprint density at radius 1 is 1.46 bits per heavy atom. The summed E-state index contributed by atoms with van der Waals surface area (Å²) < 4.78 is 0. The number of aliphatic hydroxyl groups is 1. The molecule has 1 aromatic rings. The Labute approximate surface area is 82.4 Å². The van der Waals surface area contributed by atoms with Crippen LogP contribution in [0.3, 0.4) is 0 Å². The molecule has 72 valence electrons. The van der Waals surface area contributed by atoms with Crippen LogP contribution in [0.15, 0.2) is 29.4 Å². The number of aromatic nitrogens is 1. The second kappa shape index (κ2) is 5.96. The van der Waals surface area contributed by atoms with Gasteiger partial charge in [0, 0.05) is 29.6 Å². The number of nitrogens with two attached hydrogens (primary N) is 1. The van der Waals surface area contributed by atoms with Crippen LogP contribution in [-0.4, -0.2) is 28.5 Å². The first-order chi connectivity index (χ1) is 6.33. The van der Waals surface area contributed by atoms with E-state index < -0.39 is 0 Å². The summed E-state index contributed by atoms with van der Waals surface area (Å²) in [5, 5.41) is 9.19. The predicted octanol–water partition coefficient (Wildman–Crippen LogP) is 0.883. The number of rotatable bonds is 5. The number of hydrogen-bond acceptors (Lipinski definition) is 4. The van der Waals surface area contributed by atoms with Crippen LogP contribution in [-0.2, 0) is 0 Å². The van der Waals surface area contributed by atoms with Gasteiger partial charge in [0.05, 0.1) is 6.10 Å². The quantitative estimate of drug-likeness (QED) is 0.690. The summed E-state index contributed by atoms with van der Waals surface area (Å²) in [5.41, 5.74) is 5.28. The van der Waals surface area contributed by atoms with Gasteiger partial charge in [0.15, 0.2) is 0 Å². The van der Waals surface area contributed by atoms with Crippen LogP contribution in [0.2, 0.25) is 0 Å². The summed E-state index contributed by atoms with van der Waals surface area (Å²) in [4.78, 5) is 5.10. The lowest BCUT2D eigenvalue weighted by Gasteiger charge is -2.06. The largest absolute Gasteiger partial charge is 0.392 e. The maximum absolute atomic E-state index is 9.19. The molecule has 13 heavy (non-hydrogen) atoms. The molecule has 0 aliphatic carbocycles. The van der Waals surface area contributed by atoms with Crippen LogP contribution in [0.5, 0.6) is 0 Å². The highest BCUT2D eigenvalue weighted by Crippen LogP contribution is 2.17. The number of aliphatic hydroxyl groups excluding tert-OH is 1. The fourth-order valence-corrected chi connectivity index (χ4v) is 1.80. The maximum atomic E-state index is 9.19. The van der Waals surface area contributed by atoms with Gasteiger partial charge in [-0.1, -0.05) is 0 Å². The standard InChI is InChI=1S/C9H14N2OS/c10-7-8(12)3-6-13-9-1-4-11-5-2-9/h1-2,4-5,8,12H,3,6-7,10H2. The van der Waals surface area contributed by atoms with Crippen molar-refractivity contribution in [3.05, 3.63) is 24.5 Å². The third-order valence-corrected chi connectivity index (χ3v) is 2.69. The molecule has 0 bridgehead atoms. The van der Waals surface area contributed by atoms with Gasteiger partial charge in [-0.3, -0.25) is 4.98 Å². The molecule has 0 saturated heterocycles. The lowest BCUT2D eigenvalue weighted by molar-refractivity contribution is 0.180. The normalized spacial score (nSPS) is 12.8.